The van der Waals surface area contributed by atoms with Crippen LogP contribution in [0.15, 0.2) is 41.1 Å². The number of nitrogens with one attached hydrogen (secondary N) is 2. The molecule has 0 atom stereocenters. The van der Waals surface area contributed by atoms with Crippen LogP contribution in [0.5, 0.6) is 0 Å². The molecule has 0 unspecified atom stereocenters. The first-order chi connectivity index (χ1) is 9.28. The summed E-state index contributed by atoms with van der Waals surface area (Å²) in [5.74, 6) is 1.00. The van der Waals surface area contributed by atoms with E-state index in [0.29, 0.717) is 5.41 Å². The Morgan fingerprint density at radius 1 is 1.26 bits per heavy atom. The van der Waals surface area contributed by atoms with Crippen molar-refractivity contribution in [1.29, 1.82) is 0 Å². The van der Waals surface area contributed by atoms with Crippen LogP contribution in [0.1, 0.15) is 30.7 Å². The van der Waals surface area contributed by atoms with Crippen LogP contribution in [0, 0.1) is 0 Å². The van der Waals surface area contributed by atoms with Crippen molar-refractivity contribution >= 4 is 15.9 Å². The molecule has 3 rings (SSSR count). The van der Waals surface area contributed by atoms with Crippen molar-refractivity contribution < 1.29 is 0 Å². The average Bonchev–Trinajstić information content (AvgIpc) is 2.87. The Kier molecular flexibility index (Phi) is 3.71. The largest absolute Gasteiger partial charge is 0.348 e. The first-order valence-electron chi connectivity index (χ1n) is 6.74. The standard InChI is InChI=1S/C15H18BrN3/c16-13-4-2-12(3-5-13)15(6-1-7-15)11-17-10-14-18-8-9-19-14/h2-5,8-9,17H,1,6-7,10-11H2,(H,18,19). The quantitative estimate of drug-likeness (QED) is 0.887. The van der Waals surface area contributed by atoms with Crippen LogP contribution < -0.4 is 5.32 Å². The molecule has 2 N–H and O–H groups in total. The Balaban J connectivity index is 1.64. The number of nitrogens with zero attached hydrogens (tertiary/aromatic N) is 1. The lowest BCUT2D eigenvalue weighted by atomic mass is 9.64. The molecule has 0 aliphatic heterocycles. The lowest BCUT2D eigenvalue weighted by molar-refractivity contribution is 0.232. The van der Waals surface area contributed by atoms with Gasteiger partial charge in [0, 0.05) is 28.8 Å². The Labute approximate surface area is 122 Å². The maximum Gasteiger partial charge on any atom is 0.120 e. The number of hydrogen-bond acceptors (Lipinski definition) is 2. The van der Waals surface area contributed by atoms with Crippen molar-refractivity contribution in [1.82, 2.24) is 15.3 Å². The van der Waals surface area contributed by atoms with E-state index in [1.165, 1.54) is 24.8 Å². The Hall–Kier alpha value is -1.13. The SMILES string of the molecule is Brc1ccc(C2(CNCc3ncc[nH]3)CCC2)cc1. The van der Waals surface area contributed by atoms with E-state index in [1.807, 2.05) is 6.20 Å². The summed E-state index contributed by atoms with van der Waals surface area (Å²) in [7, 11) is 0. The number of H-pyrrole nitrogens is 1. The van der Waals surface area contributed by atoms with Gasteiger partial charge in [0.1, 0.15) is 5.82 Å². The smallest absolute Gasteiger partial charge is 0.120 e. The van der Waals surface area contributed by atoms with Crippen molar-refractivity contribution in [2.75, 3.05) is 6.54 Å². The summed E-state index contributed by atoms with van der Waals surface area (Å²) >= 11 is 3.50. The molecule has 4 heteroatoms. The van der Waals surface area contributed by atoms with E-state index in [1.54, 1.807) is 6.20 Å². The van der Waals surface area contributed by atoms with Gasteiger partial charge in [-0.15, -0.1) is 0 Å². The van der Waals surface area contributed by atoms with E-state index in [2.05, 4.69) is 55.5 Å². The third kappa shape index (κ3) is 2.74. The molecule has 1 fully saturated rings. The summed E-state index contributed by atoms with van der Waals surface area (Å²) in [4.78, 5) is 7.37. The Bertz CT molecular complexity index is 515. The van der Waals surface area contributed by atoms with Crippen molar-refractivity contribution in [2.24, 2.45) is 0 Å². The fourth-order valence-electron chi connectivity index (χ4n) is 2.79. The van der Waals surface area contributed by atoms with Crippen LogP contribution in [0.2, 0.25) is 0 Å². The number of aromatic nitrogens is 2. The molecule has 1 aliphatic carbocycles. The third-order valence-electron chi connectivity index (χ3n) is 4.08. The highest BCUT2D eigenvalue weighted by Gasteiger charge is 2.38. The van der Waals surface area contributed by atoms with Crippen molar-refractivity contribution in [3.8, 4) is 0 Å². The van der Waals surface area contributed by atoms with Crippen LogP contribution >= 0.6 is 15.9 Å². The number of imidazole rings is 1. The second kappa shape index (κ2) is 5.47. The fourth-order valence-corrected chi connectivity index (χ4v) is 3.05. The molecule has 0 bridgehead atoms. The van der Waals surface area contributed by atoms with Gasteiger partial charge < -0.3 is 10.3 Å². The first kappa shape index (κ1) is 12.9. The van der Waals surface area contributed by atoms with Gasteiger partial charge in [0.15, 0.2) is 0 Å². The summed E-state index contributed by atoms with van der Waals surface area (Å²) < 4.78 is 1.15. The van der Waals surface area contributed by atoms with Gasteiger partial charge in [-0.25, -0.2) is 4.98 Å². The molecule has 1 aromatic heterocycles. The molecule has 0 saturated heterocycles. The van der Waals surface area contributed by atoms with Crippen molar-refractivity contribution in [2.45, 2.75) is 31.2 Å². The van der Waals surface area contributed by atoms with E-state index in [4.69, 9.17) is 0 Å². The molecular formula is C15H18BrN3. The molecule has 0 amide bonds. The third-order valence-corrected chi connectivity index (χ3v) is 4.61. The zero-order valence-corrected chi connectivity index (χ0v) is 12.4. The second-order valence-electron chi connectivity index (χ2n) is 5.28. The van der Waals surface area contributed by atoms with Gasteiger partial charge in [0.05, 0.1) is 6.54 Å². The number of benzene rings is 1. The van der Waals surface area contributed by atoms with E-state index in [9.17, 15) is 0 Å². The molecule has 0 spiro atoms. The minimum absolute atomic E-state index is 0.327. The minimum atomic E-state index is 0.327. The topological polar surface area (TPSA) is 40.7 Å². The monoisotopic (exact) mass is 319 g/mol. The van der Waals surface area contributed by atoms with Crippen LogP contribution in [-0.4, -0.2) is 16.5 Å². The van der Waals surface area contributed by atoms with E-state index < -0.39 is 0 Å². The number of halogens is 1. The molecule has 1 aliphatic rings. The minimum Gasteiger partial charge on any atom is -0.348 e. The number of aromatic amines is 1. The first-order valence-corrected chi connectivity index (χ1v) is 7.53. The van der Waals surface area contributed by atoms with Gasteiger partial charge >= 0.3 is 0 Å². The molecule has 2 aromatic rings. The molecular weight excluding hydrogens is 302 g/mol. The molecule has 1 aromatic carbocycles. The van der Waals surface area contributed by atoms with Crippen LogP contribution in [0.25, 0.3) is 0 Å². The lowest BCUT2D eigenvalue weighted by Gasteiger charge is -2.42. The highest BCUT2D eigenvalue weighted by Crippen LogP contribution is 2.43. The maximum absolute atomic E-state index is 4.24. The molecule has 100 valence electrons. The van der Waals surface area contributed by atoms with Gasteiger partial charge in [0.2, 0.25) is 0 Å². The Morgan fingerprint density at radius 3 is 2.63 bits per heavy atom. The molecule has 1 saturated carbocycles. The van der Waals surface area contributed by atoms with Gasteiger partial charge in [-0.1, -0.05) is 34.5 Å². The normalized spacial score (nSPS) is 17.1. The molecule has 3 nitrogen and oxygen atoms in total. The van der Waals surface area contributed by atoms with Crippen molar-refractivity contribution in [3.63, 3.8) is 0 Å². The van der Waals surface area contributed by atoms with Gasteiger partial charge in [0.25, 0.3) is 0 Å². The predicted octanol–water partition coefficient (Wildman–Crippen LogP) is 3.38. The average molecular weight is 320 g/mol. The van der Waals surface area contributed by atoms with E-state index >= 15 is 0 Å². The van der Waals surface area contributed by atoms with E-state index in [-0.39, 0.29) is 0 Å². The molecule has 1 heterocycles. The summed E-state index contributed by atoms with van der Waals surface area (Å²) in [5.41, 5.74) is 1.78. The number of hydrogen-bond donors (Lipinski definition) is 2. The summed E-state index contributed by atoms with van der Waals surface area (Å²) in [5, 5.41) is 3.54. The zero-order valence-electron chi connectivity index (χ0n) is 10.8. The van der Waals surface area contributed by atoms with Crippen molar-refractivity contribution in [3.05, 3.63) is 52.5 Å². The maximum atomic E-state index is 4.24. The lowest BCUT2D eigenvalue weighted by Crippen LogP contribution is -2.43. The molecule has 0 radical (unpaired) electrons. The van der Waals surface area contributed by atoms with Crippen LogP contribution in [0.4, 0.5) is 0 Å². The van der Waals surface area contributed by atoms with Gasteiger partial charge in [-0.2, -0.15) is 0 Å². The summed E-state index contributed by atoms with van der Waals surface area (Å²) in [6.45, 7) is 1.83. The zero-order chi connectivity index (χ0) is 13.1. The Morgan fingerprint density at radius 2 is 2.05 bits per heavy atom. The van der Waals surface area contributed by atoms with Crippen LogP contribution in [-0.2, 0) is 12.0 Å². The van der Waals surface area contributed by atoms with Gasteiger partial charge in [-0.05, 0) is 30.5 Å². The highest BCUT2D eigenvalue weighted by atomic mass is 79.9. The second-order valence-corrected chi connectivity index (χ2v) is 6.20. The van der Waals surface area contributed by atoms with Gasteiger partial charge in [-0.3, -0.25) is 0 Å². The summed E-state index contributed by atoms with van der Waals surface area (Å²) in [6, 6.07) is 8.78. The predicted molar refractivity (Wildman–Crippen MR) is 80.0 cm³/mol. The fraction of sp³-hybridized carbons (Fsp3) is 0.400. The highest BCUT2D eigenvalue weighted by molar-refractivity contribution is 9.10. The van der Waals surface area contributed by atoms with E-state index in [0.717, 1.165) is 23.4 Å². The molecule has 19 heavy (non-hydrogen) atoms. The number of rotatable bonds is 5. The van der Waals surface area contributed by atoms with Crippen LogP contribution in [0.3, 0.4) is 0 Å². The summed E-state index contributed by atoms with van der Waals surface area (Å²) in [6.07, 6.45) is 7.55.